The second-order valence-corrected chi connectivity index (χ2v) is 6.07. The van der Waals surface area contributed by atoms with Crippen LogP contribution in [-0.2, 0) is 4.74 Å². The van der Waals surface area contributed by atoms with Crippen LogP contribution < -0.4 is 5.73 Å². The molecule has 3 nitrogen and oxygen atoms in total. The third-order valence-corrected chi connectivity index (χ3v) is 4.80. The van der Waals surface area contributed by atoms with Crippen LogP contribution in [0, 0.1) is 0 Å². The summed E-state index contributed by atoms with van der Waals surface area (Å²) in [5, 5.41) is 0. The van der Waals surface area contributed by atoms with Gasteiger partial charge in [-0.15, -0.1) is 0 Å². The fourth-order valence-electron chi connectivity index (χ4n) is 3.65. The maximum atomic E-state index is 6.18. The van der Waals surface area contributed by atoms with Crippen molar-refractivity contribution in [1.29, 1.82) is 0 Å². The predicted octanol–water partition coefficient (Wildman–Crippen LogP) is 2.54. The quantitative estimate of drug-likeness (QED) is 0.838. The Hall–Kier alpha value is -0.120. The Bertz CT molecular complexity index is 237. The molecular formula is C15H30N2O. The first-order chi connectivity index (χ1) is 8.80. The monoisotopic (exact) mass is 254 g/mol. The van der Waals surface area contributed by atoms with Gasteiger partial charge in [-0.05, 0) is 45.2 Å². The molecule has 0 amide bonds. The fourth-order valence-corrected chi connectivity index (χ4v) is 3.65. The van der Waals surface area contributed by atoms with Gasteiger partial charge in [-0.1, -0.05) is 26.2 Å². The van der Waals surface area contributed by atoms with Crippen LogP contribution in [0.15, 0.2) is 0 Å². The van der Waals surface area contributed by atoms with E-state index in [9.17, 15) is 0 Å². The molecule has 0 saturated carbocycles. The number of hydrogen-bond donors (Lipinski definition) is 1. The number of ether oxygens (including phenoxy) is 1. The van der Waals surface area contributed by atoms with Gasteiger partial charge in [0, 0.05) is 18.7 Å². The molecule has 2 atom stereocenters. The van der Waals surface area contributed by atoms with Crippen LogP contribution in [0.4, 0.5) is 0 Å². The SMILES string of the molecule is CCCC1CC(CN)(N2CCCCCC2)CCO1. The van der Waals surface area contributed by atoms with Crippen molar-refractivity contribution >= 4 is 0 Å². The average molecular weight is 254 g/mol. The van der Waals surface area contributed by atoms with Gasteiger partial charge in [0.15, 0.2) is 0 Å². The third kappa shape index (κ3) is 3.25. The van der Waals surface area contributed by atoms with Crippen molar-refractivity contribution in [3.63, 3.8) is 0 Å². The lowest BCUT2D eigenvalue weighted by atomic mass is 9.83. The van der Waals surface area contributed by atoms with Gasteiger partial charge in [-0.3, -0.25) is 4.90 Å². The first kappa shape index (κ1) is 14.3. The molecule has 2 N–H and O–H groups in total. The Morgan fingerprint density at radius 1 is 1.22 bits per heavy atom. The molecule has 0 aromatic carbocycles. The van der Waals surface area contributed by atoms with Crippen LogP contribution >= 0.6 is 0 Å². The van der Waals surface area contributed by atoms with Crippen molar-refractivity contribution in [3.8, 4) is 0 Å². The van der Waals surface area contributed by atoms with E-state index in [1.54, 1.807) is 0 Å². The van der Waals surface area contributed by atoms with Crippen LogP contribution in [0.25, 0.3) is 0 Å². The summed E-state index contributed by atoms with van der Waals surface area (Å²) < 4.78 is 5.92. The smallest absolute Gasteiger partial charge is 0.0593 e. The number of rotatable bonds is 4. The van der Waals surface area contributed by atoms with E-state index in [0.717, 1.165) is 26.0 Å². The van der Waals surface area contributed by atoms with E-state index in [-0.39, 0.29) is 5.54 Å². The zero-order valence-corrected chi connectivity index (χ0v) is 12.0. The minimum Gasteiger partial charge on any atom is -0.378 e. The van der Waals surface area contributed by atoms with E-state index in [0.29, 0.717) is 6.10 Å². The number of nitrogens with zero attached hydrogens (tertiary/aromatic N) is 1. The lowest BCUT2D eigenvalue weighted by Crippen LogP contribution is -2.58. The molecule has 2 aliphatic rings. The molecule has 2 heterocycles. The van der Waals surface area contributed by atoms with Crippen molar-refractivity contribution in [1.82, 2.24) is 4.90 Å². The first-order valence-electron chi connectivity index (χ1n) is 7.87. The van der Waals surface area contributed by atoms with E-state index in [2.05, 4.69) is 11.8 Å². The van der Waals surface area contributed by atoms with Crippen LogP contribution in [0.2, 0.25) is 0 Å². The summed E-state index contributed by atoms with van der Waals surface area (Å²) >= 11 is 0. The molecule has 0 spiro atoms. The molecule has 0 radical (unpaired) electrons. The molecule has 0 aliphatic carbocycles. The topological polar surface area (TPSA) is 38.5 Å². The van der Waals surface area contributed by atoms with Crippen LogP contribution in [0.3, 0.4) is 0 Å². The summed E-state index contributed by atoms with van der Waals surface area (Å²) in [7, 11) is 0. The zero-order valence-electron chi connectivity index (χ0n) is 12.0. The van der Waals surface area contributed by atoms with E-state index < -0.39 is 0 Å². The Morgan fingerprint density at radius 2 is 1.94 bits per heavy atom. The molecule has 3 heteroatoms. The standard InChI is InChI=1S/C15H30N2O/c1-2-7-14-12-15(13-16,8-11-18-14)17-9-5-3-4-6-10-17/h14H,2-13,16H2,1H3. The lowest BCUT2D eigenvalue weighted by Gasteiger charge is -2.48. The highest BCUT2D eigenvalue weighted by Gasteiger charge is 2.40. The van der Waals surface area contributed by atoms with Crippen molar-refractivity contribution in [2.45, 2.75) is 69.9 Å². The molecule has 2 unspecified atom stereocenters. The molecule has 2 saturated heterocycles. The van der Waals surface area contributed by atoms with Crippen LogP contribution in [0.5, 0.6) is 0 Å². The van der Waals surface area contributed by atoms with Crippen molar-refractivity contribution in [2.75, 3.05) is 26.2 Å². The highest BCUT2D eigenvalue weighted by Crippen LogP contribution is 2.33. The molecule has 106 valence electrons. The predicted molar refractivity (Wildman–Crippen MR) is 75.7 cm³/mol. The fraction of sp³-hybridized carbons (Fsp3) is 1.00. The summed E-state index contributed by atoms with van der Waals surface area (Å²) in [4.78, 5) is 2.70. The van der Waals surface area contributed by atoms with Gasteiger partial charge in [0.05, 0.1) is 6.10 Å². The van der Waals surface area contributed by atoms with E-state index in [1.165, 1.54) is 51.6 Å². The van der Waals surface area contributed by atoms with Gasteiger partial charge in [-0.25, -0.2) is 0 Å². The largest absolute Gasteiger partial charge is 0.378 e. The Morgan fingerprint density at radius 3 is 2.56 bits per heavy atom. The van der Waals surface area contributed by atoms with Crippen LogP contribution in [-0.4, -0.2) is 42.8 Å². The lowest BCUT2D eigenvalue weighted by molar-refractivity contribution is -0.0731. The summed E-state index contributed by atoms with van der Waals surface area (Å²) in [6, 6.07) is 0. The molecule has 18 heavy (non-hydrogen) atoms. The second-order valence-electron chi connectivity index (χ2n) is 6.07. The zero-order chi connectivity index (χ0) is 12.8. The molecular weight excluding hydrogens is 224 g/mol. The maximum Gasteiger partial charge on any atom is 0.0593 e. The Balaban J connectivity index is 2.02. The highest BCUT2D eigenvalue weighted by atomic mass is 16.5. The first-order valence-corrected chi connectivity index (χ1v) is 7.87. The van der Waals surface area contributed by atoms with Crippen molar-refractivity contribution in [3.05, 3.63) is 0 Å². The van der Waals surface area contributed by atoms with Gasteiger partial charge in [0.25, 0.3) is 0 Å². The summed E-state index contributed by atoms with van der Waals surface area (Å²) in [6.07, 6.45) is 10.6. The Labute approximate surface area is 112 Å². The summed E-state index contributed by atoms with van der Waals surface area (Å²) in [5.41, 5.74) is 6.42. The molecule has 0 aromatic heterocycles. The summed E-state index contributed by atoms with van der Waals surface area (Å²) in [6.45, 7) is 6.44. The second kappa shape index (κ2) is 6.88. The van der Waals surface area contributed by atoms with Gasteiger partial charge >= 0.3 is 0 Å². The molecule has 2 aliphatic heterocycles. The van der Waals surface area contributed by atoms with E-state index >= 15 is 0 Å². The number of hydrogen-bond acceptors (Lipinski definition) is 3. The van der Waals surface area contributed by atoms with Crippen LogP contribution in [0.1, 0.15) is 58.3 Å². The maximum absolute atomic E-state index is 6.18. The van der Waals surface area contributed by atoms with Gasteiger partial charge in [-0.2, -0.15) is 0 Å². The van der Waals surface area contributed by atoms with Gasteiger partial charge < -0.3 is 10.5 Å². The Kier molecular flexibility index (Phi) is 5.46. The number of nitrogens with two attached hydrogens (primary N) is 1. The minimum absolute atomic E-state index is 0.239. The summed E-state index contributed by atoms with van der Waals surface area (Å²) in [5.74, 6) is 0. The van der Waals surface area contributed by atoms with Gasteiger partial charge in [0.2, 0.25) is 0 Å². The van der Waals surface area contributed by atoms with E-state index in [4.69, 9.17) is 10.5 Å². The molecule has 0 aromatic rings. The highest BCUT2D eigenvalue weighted by molar-refractivity contribution is 4.96. The van der Waals surface area contributed by atoms with Crippen molar-refractivity contribution < 1.29 is 4.74 Å². The van der Waals surface area contributed by atoms with E-state index in [1.807, 2.05) is 0 Å². The number of likely N-dealkylation sites (tertiary alicyclic amines) is 1. The minimum atomic E-state index is 0.239. The molecule has 2 rings (SSSR count). The normalized spacial score (nSPS) is 35.3. The van der Waals surface area contributed by atoms with Gasteiger partial charge in [0.1, 0.15) is 0 Å². The molecule has 2 fully saturated rings. The van der Waals surface area contributed by atoms with Crippen molar-refractivity contribution in [2.24, 2.45) is 5.73 Å². The average Bonchev–Trinajstić information content (AvgIpc) is 2.68. The third-order valence-electron chi connectivity index (χ3n) is 4.80. The molecule has 0 bridgehead atoms.